The van der Waals surface area contributed by atoms with Gasteiger partial charge in [0.25, 0.3) is 17.7 Å². The van der Waals surface area contributed by atoms with Crippen molar-refractivity contribution in [3.05, 3.63) is 95.3 Å². The number of nitrogens with one attached hydrogen (secondary N) is 1. The maximum Gasteiger partial charge on any atom is 0.266 e. The SMILES string of the molecule is O=C(Nc1cccc(F)c1)c1ccc(N2C(=O)c3ccccc3C2=O)cc1. The number of hydrogen-bond acceptors (Lipinski definition) is 3. The molecule has 132 valence electrons. The average Bonchev–Trinajstić information content (AvgIpc) is 2.93. The van der Waals surface area contributed by atoms with Gasteiger partial charge in [0, 0.05) is 11.3 Å². The van der Waals surface area contributed by atoms with E-state index in [1.165, 1.54) is 42.5 Å². The Bertz CT molecular complexity index is 1040. The molecule has 3 amide bonds. The Balaban J connectivity index is 1.55. The van der Waals surface area contributed by atoms with E-state index in [4.69, 9.17) is 0 Å². The maximum atomic E-state index is 13.2. The number of amides is 3. The molecule has 1 aliphatic heterocycles. The molecule has 0 bridgehead atoms. The Morgan fingerprint density at radius 2 is 1.44 bits per heavy atom. The number of anilines is 2. The molecule has 1 N–H and O–H groups in total. The Kier molecular flexibility index (Phi) is 4.01. The minimum Gasteiger partial charge on any atom is -0.322 e. The number of carbonyl (C=O) groups is 3. The lowest BCUT2D eigenvalue weighted by atomic mass is 10.1. The van der Waals surface area contributed by atoms with E-state index in [0.29, 0.717) is 28.1 Å². The number of nitrogens with zero attached hydrogens (tertiary/aromatic N) is 1. The van der Waals surface area contributed by atoms with Gasteiger partial charge in [0.05, 0.1) is 16.8 Å². The van der Waals surface area contributed by atoms with Crippen LogP contribution in [0.2, 0.25) is 0 Å². The molecule has 3 aromatic rings. The van der Waals surface area contributed by atoms with E-state index < -0.39 is 23.5 Å². The highest BCUT2D eigenvalue weighted by molar-refractivity contribution is 6.34. The van der Waals surface area contributed by atoms with Crippen LogP contribution >= 0.6 is 0 Å². The van der Waals surface area contributed by atoms with Crippen LogP contribution in [0.1, 0.15) is 31.1 Å². The van der Waals surface area contributed by atoms with Crippen molar-refractivity contribution in [1.82, 2.24) is 0 Å². The van der Waals surface area contributed by atoms with Crippen LogP contribution in [0.15, 0.2) is 72.8 Å². The highest BCUT2D eigenvalue weighted by Gasteiger charge is 2.36. The van der Waals surface area contributed by atoms with Crippen LogP contribution in [0.25, 0.3) is 0 Å². The third-order valence-electron chi connectivity index (χ3n) is 4.26. The predicted molar refractivity (Wildman–Crippen MR) is 98.4 cm³/mol. The van der Waals surface area contributed by atoms with E-state index in [0.717, 1.165) is 4.90 Å². The molecule has 0 radical (unpaired) electrons. The second-order valence-electron chi connectivity index (χ2n) is 6.00. The van der Waals surface area contributed by atoms with Crippen LogP contribution in [0.5, 0.6) is 0 Å². The van der Waals surface area contributed by atoms with Crippen molar-refractivity contribution in [2.75, 3.05) is 10.2 Å². The lowest BCUT2D eigenvalue weighted by Crippen LogP contribution is -2.29. The first-order valence-corrected chi connectivity index (χ1v) is 8.19. The predicted octanol–water partition coefficient (Wildman–Crippen LogP) is 3.88. The summed E-state index contributed by atoms with van der Waals surface area (Å²) in [6.45, 7) is 0. The molecule has 27 heavy (non-hydrogen) atoms. The van der Waals surface area contributed by atoms with Gasteiger partial charge in [-0.1, -0.05) is 18.2 Å². The quantitative estimate of drug-likeness (QED) is 0.721. The summed E-state index contributed by atoms with van der Waals surface area (Å²) in [4.78, 5) is 38.3. The number of benzene rings is 3. The smallest absolute Gasteiger partial charge is 0.266 e. The Morgan fingerprint density at radius 1 is 0.815 bits per heavy atom. The van der Waals surface area contributed by atoms with E-state index in [-0.39, 0.29) is 0 Å². The Labute approximate surface area is 154 Å². The number of carbonyl (C=O) groups excluding carboxylic acids is 3. The number of rotatable bonds is 3. The standard InChI is InChI=1S/C21H13FN2O3/c22-14-4-3-5-15(12-14)23-19(25)13-8-10-16(11-9-13)24-20(26)17-6-1-2-7-18(17)21(24)27/h1-12H,(H,23,25). The third-order valence-corrected chi connectivity index (χ3v) is 4.26. The summed E-state index contributed by atoms with van der Waals surface area (Å²) in [6.07, 6.45) is 0. The first-order valence-electron chi connectivity index (χ1n) is 8.19. The van der Waals surface area contributed by atoms with Crippen molar-refractivity contribution in [1.29, 1.82) is 0 Å². The Morgan fingerprint density at radius 3 is 2.04 bits per heavy atom. The zero-order valence-corrected chi connectivity index (χ0v) is 14.0. The van der Waals surface area contributed by atoms with Gasteiger partial charge in [0.2, 0.25) is 0 Å². The fourth-order valence-electron chi connectivity index (χ4n) is 2.96. The summed E-state index contributed by atoms with van der Waals surface area (Å²) in [5, 5.41) is 2.59. The van der Waals surface area contributed by atoms with Crippen molar-refractivity contribution >= 4 is 29.1 Å². The van der Waals surface area contributed by atoms with Crippen LogP contribution in [-0.4, -0.2) is 17.7 Å². The van der Waals surface area contributed by atoms with Gasteiger partial charge in [0.1, 0.15) is 5.82 Å². The zero-order chi connectivity index (χ0) is 19.0. The van der Waals surface area contributed by atoms with E-state index >= 15 is 0 Å². The number of fused-ring (bicyclic) bond motifs is 1. The zero-order valence-electron chi connectivity index (χ0n) is 14.0. The van der Waals surface area contributed by atoms with Crippen molar-refractivity contribution in [3.63, 3.8) is 0 Å². The van der Waals surface area contributed by atoms with Gasteiger partial charge >= 0.3 is 0 Å². The minimum absolute atomic E-state index is 0.319. The molecule has 0 fully saturated rings. The molecular weight excluding hydrogens is 347 g/mol. The molecule has 0 aliphatic carbocycles. The molecule has 0 unspecified atom stereocenters. The molecule has 0 atom stereocenters. The van der Waals surface area contributed by atoms with Gasteiger partial charge < -0.3 is 5.32 Å². The molecule has 0 saturated carbocycles. The van der Waals surface area contributed by atoms with Crippen LogP contribution in [0.3, 0.4) is 0 Å². The van der Waals surface area contributed by atoms with Crippen LogP contribution in [0.4, 0.5) is 15.8 Å². The molecule has 1 aliphatic rings. The maximum absolute atomic E-state index is 13.2. The topological polar surface area (TPSA) is 66.5 Å². The summed E-state index contributed by atoms with van der Waals surface area (Å²) < 4.78 is 13.2. The minimum atomic E-state index is -0.450. The third kappa shape index (κ3) is 2.97. The summed E-state index contributed by atoms with van der Waals surface area (Å²) in [7, 11) is 0. The van der Waals surface area contributed by atoms with Crippen molar-refractivity contribution < 1.29 is 18.8 Å². The van der Waals surface area contributed by atoms with Crippen LogP contribution in [-0.2, 0) is 0 Å². The molecule has 6 heteroatoms. The van der Waals surface area contributed by atoms with E-state index in [9.17, 15) is 18.8 Å². The fraction of sp³-hybridized carbons (Fsp3) is 0. The van der Waals surface area contributed by atoms with E-state index in [1.807, 2.05) is 0 Å². The molecule has 0 saturated heterocycles. The molecule has 3 aromatic carbocycles. The van der Waals surface area contributed by atoms with E-state index in [1.54, 1.807) is 30.3 Å². The monoisotopic (exact) mass is 360 g/mol. The van der Waals surface area contributed by atoms with Crippen LogP contribution < -0.4 is 10.2 Å². The second-order valence-corrected chi connectivity index (χ2v) is 6.00. The molecular formula is C21H13FN2O3. The van der Waals surface area contributed by atoms with Crippen molar-refractivity contribution in [3.8, 4) is 0 Å². The summed E-state index contributed by atoms with van der Waals surface area (Å²) >= 11 is 0. The normalized spacial score (nSPS) is 12.9. The fourth-order valence-corrected chi connectivity index (χ4v) is 2.96. The lowest BCUT2D eigenvalue weighted by Gasteiger charge is -2.14. The van der Waals surface area contributed by atoms with Crippen LogP contribution in [0, 0.1) is 5.82 Å². The molecule has 0 aromatic heterocycles. The first kappa shape index (κ1) is 16.7. The summed E-state index contributed by atoms with van der Waals surface area (Å²) in [5.74, 6) is -1.66. The molecule has 4 rings (SSSR count). The van der Waals surface area contributed by atoms with Gasteiger partial charge in [-0.3, -0.25) is 14.4 Å². The second kappa shape index (κ2) is 6.49. The van der Waals surface area contributed by atoms with E-state index in [2.05, 4.69) is 5.32 Å². The summed E-state index contributed by atoms with van der Waals surface area (Å²) in [5.41, 5.74) is 1.75. The number of hydrogen-bond donors (Lipinski definition) is 1. The number of imide groups is 1. The first-order chi connectivity index (χ1) is 13.0. The van der Waals surface area contributed by atoms with Crippen molar-refractivity contribution in [2.45, 2.75) is 0 Å². The number of halogens is 1. The lowest BCUT2D eigenvalue weighted by molar-refractivity contribution is 0.0925. The molecule has 1 heterocycles. The highest BCUT2D eigenvalue weighted by atomic mass is 19.1. The largest absolute Gasteiger partial charge is 0.322 e. The summed E-state index contributed by atoms with van der Waals surface area (Å²) in [6, 6.07) is 18.3. The van der Waals surface area contributed by atoms with Gasteiger partial charge in [-0.05, 0) is 54.6 Å². The van der Waals surface area contributed by atoms with Gasteiger partial charge in [-0.2, -0.15) is 0 Å². The van der Waals surface area contributed by atoms with Crippen molar-refractivity contribution in [2.24, 2.45) is 0 Å². The molecule has 5 nitrogen and oxygen atoms in total. The van der Waals surface area contributed by atoms with Gasteiger partial charge in [-0.25, -0.2) is 9.29 Å². The van der Waals surface area contributed by atoms with Gasteiger partial charge in [-0.15, -0.1) is 0 Å². The average molecular weight is 360 g/mol. The highest BCUT2D eigenvalue weighted by Crippen LogP contribution is 2.28. The Hall–Kier alpha value is -3.80. The molecule has 0 spiro atoms. The van der Waals surface area contributed by atoms with Gasteiger partial charge in [0.15, 0.2) is 0 Å².